The van der Waals surface area contributed by atoms with Gasteiger partial charge in [-0.2, -0.15) is 0 Å². The van der Waals surface area contributed by atoms with Gasteiger partial charge in [-0.05, 0) is 117 Å². The number of benzene rings is 3. The fourth-order valence-electron chi connectivity index (χ4n) is 4.85. The van der Waals surface area contributed by atoms with Crippen LogP contribution in [0.1, 0.15) is 57.6 Å². The molecule has 0 unspecified atom stereocenters. The van der Waals surface area contributed by atoms with Crippen molar-refractivity contribution >= 4 is 44.8 Å². The van der Waals surface area contributed by atoms with E-state index >= 15 is 0 Å². The minimum Gasteiger partial charge on any atom is -0.333 e. The van der Waals surface area contributed by atoms with E-state index in [1.807, 2.05) is 40.7 Å². The number of halogens is 2. The lowest BCUT2D eigenvalue weighted by Crippen LogP contribution is -2.38. The summed E-state index contributed by atoms with van der Waals surface area (Å²) in [6, 6.07) is 11.9. The van der Waals surface area contributed by atoms with Crippen LogP contribution in [0.5, 0.6) is 0 Å². The van der Waals surface area contributed by atoms with E-state index in [9.17, 15) is 13.2 Å². The Morgan fingerprint density at radius 2 is 1.32 bits per heavy atom. The molecule has 3 rings (SSSR count). The van der Waals surface area contributed by atoms with Gasteiger partial charge in [0.15, 0.2) is 0 Å². The molecule has 9 heteroatoms. The van der Waals surface area contributed by atoms with Crippen molar-refractivity contribution in [2.24, 2.45) is 0 Å². The Labute approximate surface area is 249 Å². The number of carbonyl (C=O) groups excluding carboxylic acids is 1. The highest BCUT2D eigenvalue weighted by atomic mass is 35.5. The Balaban J connectivity index is 1.86. The number of rotatable bonds is 11. The maximum atomic E-state index is 13.6. The monoisotopic (exact) mass is 603 g/mol. The second-order valence-corrected chi connectivity index (χ2v) is 12.6. The summed E-state index contributed by atoms with van der Waals surface area (Å²) in [7, 11) is -3.83. The Bertz CT molecular complexity index is 1460. The van der Waals surface area contributed by atoms with Crippen LogP contribution in [0.15, 0.2) is 47.4 Å². The summed E-state index contributed by atoms with van der Waals surface area (Å²) in [5.74, 6) is -0.149. The number of sulfonamides is 1. The van der Waals surface area contributed by atoms with Crippen molar-refractivity contribution in [3.8, 4) is 0 Å². The molecule has 0 heterocycles. The second-order valence-electron chi connectivity index (χ2n) is 10.1. The third-order valence-corrected chi connectivity index (χ3v) is 10.2. The highest BCUT2D eigenvalue weighted by molar-refractivity contribution is 7.92. The first-order valence-electron chi connectivity index (χ1n) is 13.5. The van der Waals surface area contributed by atoms with Gasteiger partial charge in [-0.1, -0.05) is 43.1 Å². The quantitative estimate of drug-likeness (QED) is 0.249. The summed E-state index contributed by atoms with van der Waals surface area (Å²) in [4.78, 5) is 18.0. The number of likely N-dealkylation sites (N-methyl/N-ethyl adjacent to an activating group) is 1. The lowest BCUT2D eigenvalue weighted by molar-refractivity contribution is 0.0724. The first kappa shape index (κ1) is 31.9. The van der Waals surface area contributed by atoms with Gasteiger partial charge in [0.1, 0.15) is 0 Å². The maximum absolute atomic E-state index is 13.6. The number of carbonyl (C=O) groups is 1. The molecule has 1 N–H and O–H groups in total. The van der Waals surface area contributed by atoms with Crippen molar-refractivity contribution in [2.75, 3.05) is 30.9 Å². The normalized spacial score (nSPS) is 11.7. The van der Waals surface area contributed by atoms with Gasteiger partial charge in [0.25, 0.3) is 15.9 Å². The summed E-state index contributed by atoms with van der Waals surface area (Å²) >= 11 is 12.3. The third kappa shape index (κ3) is 7.19. The number of hydrogen-bond donors (Lipinski definition) is 1. The van der Waals surface area contributed by atoms with Gasteiger partial charge in [-0.15, -0.1) is 0 Å². The van der Waals surface area contributed by atoms with Crippen LogP contribution in [-0.2, 0) is 16.6 Å². The predicted octanol–water partition coefficient (Wildman–Crippen LogP) is 7.32. The average Bonchev–Trinajstić information content (AvgIpc) is 2.92. The molecule has 0 aliphatic rings. The van der Waals surface area contributed by atoms with Crippen molar-refractivity contribution < 1.29 is 13.2 Å². The molecule has 40 heavy (non-hydrogen) atoms. The first-order chi connectivity index (χ1) is 18.8. The molecule has 6 nitrogen and oxygen atoms in total. The molecular weight excluding hydrogens is 565 g/mol. The largest absolute Gasteiger partial charge is 0.333 e. The standard InChI is InChI=1S/C31H39Cl2N3O3S/c1-8-35(9-2)16-17-36(19-25-10-15-28(32)29(33)18-25)31(37)26-11-13-27(14-12-26)34-40(38,39)30-23(6)21(4)20(3)22(5)24(30)7/h10-15,18,34H,8-9,16-17,19H2,1-7H3. The molecule has 0 aliphatic heterocycles. The molecule has 1 amide bonds. The highest BCUT2D eigenvalue weighted by Crippen LogP contribution is 2.31. The van der Waals surface area contributed by atoms with Crippen LogP contribution in [0.25, 0.3) is 0 Å². The predicted molar refractivity (Wildman–Crippen MR) is 166 cm³/mol. The molecule has 0 bridgehead atoms. The van der Waals surface area contributed by atoms with Crippen LogP contribution in [0, 0.1) is 34.6 Å². The SMILES string of the molecule is CCN(CC)CCN(Cc1ccc(Cl)c(Cl)c1)C(=O)c1ccc(NS(=O)(=O)c2c(C)c(C)c(C)c(C)c2C)cc1. The van der Waals surface area contributed by atoms with E-state index < -0.39 is 10.0 Å². The summed E-state index contributed by atoms with van der Waals surface area (Å²) < 4.78 is 29.6. The highest BCUT2D eigenvalue weighted by Gasteiger charge is 2.24. The summed E-state index contributed by atoms with van der Waals surface area (Å²) in [5, 5.41) is 0.905. The van der Waals surface area contributed by atoms with Crippen LogP contribution in [0.4, 0.5) is 5.69 Å². The third-order valence-electron chi connectivity index (χ3n) is 7.81. The fourth-order valence-corrected chi connectivity index (χ4v) is 6.83. The number of nitrogens with zero attached hydrogens (tertiary/aromatic N) is 2. The van der Waals surface area contributed by atoms with E-state index in [1.165, 1.54) is 0 Å². The molecule has 0 fully saturated rings. The number of anilines is 1. The molecule has 0 radical (unpaired) electrons. The van der Waals surface area contributed by atoms with Crippen molar-refractivity contribution in [2.45, 2.75) is 59.9 Å². The van der Waals surface area contributed by atoms with Crippen molar-refractivity contribution in [1.82, 2.24) is 9.80 Å². The maximum Gasteiger partial charge on any atom is 0.262 e. The van der Waals surface area contributed by atoms with Crippen molar-refractivity contribution in [3.05, 3.63) is 91.5 Å². The zero-order chi connectivity index (χ0) is 29.8. The number of nitrogens with one attached hydrogen (secondary N) is 1. The van der Waals surface area contributed by atoms with E-state index in [0.29, 0.717) is 39.3 Å². The number of amides is 1. The second kappa shape index (κ2) is 13.4. The van der Waals surface area contributed by atoms with Crippen LogP contribution in [0.3, 0.4) is 0 Å². The lowest BCUT2D eigenvalue weighted by Gasteiger charge is -2.27. The molecule has 0 saturated heterocycles. The van der Waals surface area contributed by atoms with E-state index in [2.05, 4.69) is 23.5 Å². The van der Waals surface area contributed by atoms with E-state index in [4.69, 9.17) is 23.2 Å². The molecule has 0 spiro atoms. The number of hydrogen-bond acceptors (Lipinski definition) is 4. The first-order valence-corrected chi connectivity index (χ1v) is 15.7. The zero-order valence-corrected chi connectivity index (χ0v) is 26.7. The van der Waals surface area contributed by atoms with Crippen LogP contribution in [-0.4, -0.2) is 50.3 Å². The van der Waals surface area contributed by atoms with Gasteiger partial charge in [-0.3, -0.25) is 9.52 Å². The molecular formula is C31H39Cl2N3O3S. The molecule has 216 valence electrons. The van der Waals surface area contributed by atoms with Gasteiger partial charge in [0.2, 0.25) is 0 Å². The molecule has 3 aromatic rings. The summed E-state index contributed by atoms with van der Waals surface area (Å²) in [5.41, 5.74) is 6.26. The van der Waals surface area contributed by atoms with Crippen molar-refractivity contribution in [1.29, 1.82) is 0 Å². The van der Waals surface area contributed by atoms with E-state index in [1.54, 1.807) is 41.3 Å². The molecule has 0 aromatic heterocycles. The molecule has 3 aromatic carbocycles. The topological polar surface area (TPSA) is 69.7 Å². The van der Waals surface area contributed by atoms with Gasteiger partial charge in [-0.25, -0.2) is 8.42 Å². The Kier molecular flexibility index (Phi) is 10.7. The minimum atomic E-state index is -3.83. The minimum absolute atomic E-state index is 0.149. The van der Waals surface area contributed by atoms with Crippen LogP contribution in [0.2, 0.25) is 10.0 Å². The summed E-state index contributed by atoms with van der Waals surface area (Å²) in [6.07, 6.45) is 0. The van der Waals surface area contributed by atoms with Crippen LogP contribution >= 0.6 is 23.2 Å². The Hall–Kier alpha value is -2.58. The fraction of sp³-hybridized carbons (Fsp3) is 0.387. The van der Waals surface area contributed by atoms with Crippen molar-refractivity contribution in [3.63, 3.8) is 0 Å². The smallest absolute Gasteiger partial charge is 0.262 e. The molecule has 0 atom stereocenters. The van der Waals surface area contributed by atoms with Gasteiger partial charge in [0, 0.05) is 30.9 Å². The van der Waals surface area contributed by atoms with Gasteiger partial charge >= 0.3 is 0 Å². The Morgan fingerprint density at radius 3 is 1.85 bits per heavy atom. The molecule has 0 saturated carbocycles. The Morgan fingerprint density at radius 1 is 0.775 bits per heavy atom. The van der Waals surface area contributed by atoms with E-state index in [-0.39, 0.29) is 5.91 Å². The zero-order valence-electron chi connectivity index (χ0n) is 24.4. The van der Waals surface area contributed by atoms with E-state index in [0.717, 1.165) is 53.0 Å². The van der Waals surface area contributed by atoms with Crippen LogP contribution < -0.4 is 4.72 Å². The van der Waals surface area contributed by atoms with Gasteiger partial charge < -0.3 is 9.80 Å². The van der Waals surface area contributed by atoms with Gasteiger partial charge in [0.05, 0.1) is 14.9 Å². The lowest BCUT2D eigenvalue weighted by atomic mass is 9.95. The average molecular weight is 605 g/mol. The molecule has 0 aliphatic carbocycles. The summed E-state index contributed by atoms with van der Waals surface area (Å²) in [6.45, 7) is 17.2.